The predicted octanol–water partition coefficient (Wildman–Crippen LogP) is 11.2. The number of nitrogens with zero attached hydrogens (tertiary/aromatic N) is 5. The van der Waals surface area contributed by atoms with Crippen LogP contribution < -0.4 is 0 Å². The Morgan fingerprint density at radius 2 is 0.922 bits per heavy atom. The Kier molecular flexibility index (Phi) is 6.70. The van der Waals surface area contributed by atoms with Crippen molar-refractivity contribution in [2.24, 2.45) is 0 Å². The van der Waals surface area contributed by atoms with Crippen molar-refractivity contribution in [2.75, 3.05) is 0 Å². The molecule has 10 rings (SSSR count). The van der Waals surface area contributed by atoms with E-state index in [0.717, 1.165) is 82.8 Å². The largest absolute Gasteiger partial charge is 0.455 e. The van der Waals surface area contributed by atoms with Crippen molar-refractivity contribution in [3.8, 4) is 56.7 Å². The van der Waals surface area contributed by atoms with Gasteiger partial charge in [-0.3, -0.25) is 4.98 Å². The molecular formula is C45H27N5O. The average molecular weight is 654 g/mol. The van der Waals surface area contributed by atoms with Crippen molar-refractivity contribution in [3.63, 3.8) is 0 Å². The van der Waals surface area contributed by atoms with Crippen molar-refractivity contribution in [1.29, 1.82) is 0 Å². The number of fused-ring (bicyclic) bond motifs is 6. The van der Waals surface area contributed by atoms with E-state index in [0.29, 0.717) is 17.5 Å². The quantitative estimate of drug-likeness (QED) is 0.172. The zero-order valence-corrected chi connectivity index (χ0v) is 27.2. The molecule has 4 aromatic heterocycles. The monoisotopic (exact) mass is 653 g/mol. The third kappa shape index (κ3) is 4.92. The molecule has 0 atom stereocenters. The molecule has 6 nitrogen and oxygen atoms in total. The van der Waals surface area contributed by atoms with E-state index in [1.165, 1.54) is 0 Å². The number of pyridine rings is 2. The van der Waals surface area contributed by atoms with Crippen molar-refractivity contribution in [3.05, 3.63) is 164 Å². The first-order valence-electron chi connectivity index (χ1n) is 16.8. The zero-order chi connectivity index (χ0) is 33.7. The number of para-hydroxylation sites is 2. The van der Waals surface area contributed by atoms with Gasteiger partial charge in [-0.15, -0.1) is 0 Å². The van der Waals surface area contributed by atoms with Crippen LogP contribution in [0.3, 0.4) is 0 Å². The highest BCUT2D eigenvalue weighted by molar-refractivity contribution is 6.18. The minimum absolute atomic E-state index is 0.613. The Hall–Kier alpha value is -7.05. The predicted molar refractivity (Wildman–Crippen MR) is 205 cm³/mol. The molecule has 0 saturated carbocycles. The van der Waals surface area contributed by atoms with Crippen LogP contribution in [0.4, 0.5) is 0 Å². The molecule has 6 aromatic carbocycles. The van der Waals surface area contributed by atoms with Crippen LogP contribution >= 0.6 is 0 Å². The fourth-order valence-corrected chi connectivity index (χ4v) is 6.97. The molecule has 238 valence electrons. The number of hydrogen-bond donors (Lipinski definition) is 0. The maximum Gasteiger partial charge on any atom is 0.164 e. The first-order valence-corrected chi connectivity index (χ1v) is 16.8. The molecule has 0 aliphatic rings. The lowest BCUT2D eigenvalue weighted by atomic mass is 9.98. The third-order valence-corrected chi connectivity index (χ3v) is 9.40. The minimum Gasteiger partial charge on any atom is -0.455 e. The number of rotatable bonds is 5. The maximum absolute atomic E-state index is 6.64. The van der Waals surface area contributed by atoms with Crippen LogP contribution in [-0.4, -0.2) is 24.9 Å². The lowest BCUT2D eigenvalue weighted by Crippen LogP contribution is -2.00. The van der Waals surface area contributed by atoms with Crippen molar-refractivity contribution >= 4 is 43.6 Å². The van der Waals surface area contributed by atoms with E-state index in [4.69, 9.17) is 29.3 Å². The SMILES string of the molecule is c1ccc(-c2nc(-c3ccccc3)nc(-c3ccc(-c4cccc5c4oc4ccnc(-c6nc7ccccc7c7ccccc67)c45)cc3)n2)cc1. The number of furan rings is 1. The van der Waals surface area contributed by atoms with Crippen LogP contribution in [0.1, 0.15) is 0 Å². The van der Waals surface area contributed by atoms with E-state index in [9.17, 15) is 0 Å². The summed E-state index contributed by atoms with van der Waals surface area (Å²) in [4.78, 5) is 24.7. The van der Waals surface area contributed by atoms with E-state index >= 15 is 0 Å². The van der Waals surface area contributed by atoms with Gasteiger partial charge in [0.2, 0.25) is 0 Å². The van der Waals surface area contributed by atoms with Crippen LogP contribution in [0.5, 0.6) is 0 Å². The van der Waals surface area contributed by atoms with Gasteiger partial charge in [0.15, 0.2) is 17.5 Å². The molecule has 0 aliphatic carbocycles. The van der Waals surface area contributed by atoms with Gasteiger partial charge in [0, 0.05) is 44.6 Å². The molecule has 0 spiro atoms. The molecule has 4 heterocycles. The van der Waals surface area contributed by atoms with Gasteiger partial charge in [0.05, 0.1) is 16.6 Å². The van der Waals surface area contributed by atoms with Gasteiger partial charge < -0.3 is 4.42 Å². The maximum atomic E-state index is 6.64. The van der Waals surface area contributed by atoms with E-state index in [-0.39, 0.29) is 0 Å². The van der Waals surface area contributed by atoms with Gasteiger partial charge in [-0.1, -0.05) is 146 Å². The fourth-order valence-electron chi connectivity index (χ4n) is 6.97. The number of benzene rings is 6. The van der Waals surface area contributed by atoms with Crippen LogP contribution in [-0.2, 0) is 0 Å². The Morgan fingerprint density at radius 1 is 0.373 bits per heavy atom. The molecular weight excluding hydrogens is 627 g/mol. The smallest absolute Gasteiger partial charge is 0.164 e. The molecule has 0 fully saturated rings. The molecule has 6 heteroatoms. The Labute approximate surface area is 292 Å². The lowest BCUT2D eigenvalue weighted by molar-refractivity contribution is 0.669. The summed E-state index contributed by atoms with van der Waals surface area (Å²) in [5, 5.41) is 5.27. The lowest BCUT2D eigenvalue weighted by Gasteiger charge is -2.10. The molecule has 0 unspecified atom stereocenters. The van der Waals surface area contributed by atoms with Gasteiger partial charge in [-0.2, -0.15) is 0 Å². The highest BCUT2D eigenvalue weighted by atomic mass is 16.3. The first kappa shape index (κ1) is 28.9. The summed E-state index contributed by atoms with van der Waals surface area (Å²) in [6.07, 6.45) is 1.81. The first-order chi connectivity index (χ1) is 25.3. The highest BCUT2D eigenvalue weighted by Gasteiger charge is 2.20. The second kappa shape index (κ2) is 11.8. The molecule has 0 bridgehead atoms. The van der Waals surface area contributed by atoms with Gasteiger partial charge in [0.1, 0.15) is 16.9 Å². The molecule has 10 aromatic rings. The molecule has 0 saturated heterocycles. The average Bonchev–Trinajstić information content (AvgIpc) is 3.61. The Bertz CT molecular complexity index is 2840. The Balaban J connectivity index is 1.10. The molecule has 0 amide bonds. The van der Waals surface area contributed by atoms with E-state index in [2.05, 4.69) is 84.9 Å². The standard InChI is InChI=1S/C45H27N5O/c1-3-12-29(13-4-1)43-48-44(30-14-5-2-6-15-30)50-45(49-43)31-24-22-28(23-25-31)32-19-11-20-36-39-38(51-42(32)36)26-27-46-41(39)40-35-18-8-7-16-33(35)34-17-9-10-21-37(34)47-40/h1-27H. The normalized spacial score (nSPS) is 11.5. The van der Waals surface area contributed by atoms with E-state index in [1.807, 2.05) is 79.0 Å². The van der Waals surface area contributed by atoms with Crippen LogP contribution in [0.2, 0.25) is 0 Å². The molecule has 51 heavy (non-hydrogen) atoms. The highest BCUT2D eigenvalue weighted by Crippen LogP contribution is 2.41. The third-order valence-electron chi connectivity index (χ3n) is 9.40. The minimum atomic E-state index is 0.613. The molecule has 0 radical (unpaired) electrons. The zero-order valence-electron chi connectivity index (χ0n) is 27.2. The summed E-state index contributed by atoms with van der Waals surface area (Å²) >= 11 is 0. The summed E-state index contributed by atoms with van der Waals surface area (Å²) in [5.41, 5.74) is 8.93. The second-order valence-corrected chi connectivity index (χ2v) is 12.5. The van der Waals surface area contributed by atoms with Gasteiger partial charge >= 0.3 is 0 Å². The van der Waals surface area contributed by atoms with Crippen LogP contribution in [0.25, 0.3) is 100 Å². The summed E-state index contributed by atoms with van der Waals surface area (Å²) in [7, 11) is 0. The summed E-state index contributed by atoms with van der Waals surface area (Å²) < 4.78 is 6.64. The van der Waals surface area contributed by atoms with Gasteiger partial charge in [-0.05, 0) is 23.1 Å². The van der Waals surface area contributed by atoms with E-state index in [1.54, 1.807) is 0 Å². The number of aromatic nitrogens is 5. The van der Waals surface area contributed by atoms with Crippen molar-refractivity contribution in [2.45, 2.75) is 0 Å². The van der Waals surface area contributed by atoms with Gasteiger partial charge in [-0.25, -0.2) is 19.9 Å². The molecule has 0 aliphatic heterocycles. The van der Waals surface area contributed by atoms with E-state index < -0.39 is 0 Å². The number of hydrogen-bond acceptors (Lipinski definition) is 6. The van der Waals surface area contributed by atoms with Crippen molar-refractivity contribution in [1.82, 2.24) is 24.9 Å². The topological polar surface area (TPSA) is 77.6 Å². The summed E-state index contributed by atoms with van der Waals surface area (Å²) in [5.74, 6) is 1.88. The molecule has 0 N–H and O–H groups in total. The Morgan fingerprint density at radius 3 is 1.61 bits per heavy atom. The summed E-state index contributed by atoms with van der Waals surface area (Å²) in [6, 6.07) is 53.2. The summed E-state index contributed by atoms with van der Waals surface area (Å²) in [6.45, 7) is 0. The fraction of sp³-hybridized carbons (Fsp3) is 0. The second-order valence-electron chi connectivity index (χ2n) is 12.5. The van der Waals surface area contributed by atoms with Gasteiger partial charge in [0.25, 0.3) is 0 Å². The van der Waals surface area contributed by atoms with Crippen LogP contribution in [0.15, 0.2) is 168 Å². The van der Waals surface area contributed by atoms with Crippen molar-refractivity contribution < 1.29 is 4.42 Å². The van der Waals surface area contributed by atoms with Crippen LogP contribution in [0, 0.1) is 0 Å².